The smallest absolute Gasteiger partial charge is 0.310 e. The molecule has 7 nitrogen and oxygen atoms in total. The molecule has 0 bridgehead atoms. The Bertz CT molecular complexity index is 1030. The molecule has 1 saturated heterocycles. The average Bonchev–Trinajstić information content (AvgIpc) is 3.54. The van der Waals surface area contributed by atoms with Crippen LogP contribution in [0.15, 0.2) is 29.6 Å². The molecule has 1 aliphatic heterocycles. The Morgan fingerprint density at radius 2 is 1.91 bits per heavy atom. The zero-order valence-electron chi connectivity index (χ0n) is 20.1. The largest absolute Gasteiger partial charge is 0.469 e. The lowest BCUT2D eigenvalue weighted by Gasteiger charge is -2.41. The van der Waals surface area contributed by atoms with Crippen molar-refractivity contribution < 1.29 is 19.1 Å². The number of hydrogen-bond donors (Lipinski definition) is 2. The highest BCUT2D eigenvalue weighted by atomic mass is 32.1. The third kappa shape index (κ3) is 5.53. The van der Waals surface area contributed by atoms with E-state index >= 15 is 0 Å². The summed E-state index contributed by atoms with van der Waals surface area (Å²) in [4.78, 5) is 43.3. The van der Waals surface area contributed by atoms with Crippen LogP contribution in [-0.4, -0.2) is 60.0 Å². The van der Waals surface area contributed by atoms with E-state index < -0.39 is 6.04 Å². The number of amides is 2. The Morgan fingerprint density at radius 3 is 2.59 bits per heavy atom. The van der Waals surface area contributed by atoms with E-state index in [1.54, 1.807) is 16.2 Å². The SMILES string of the molecule is COC(=O)C1CC(NC(C)(C)C)CCC1N1CC[C@H](NC(=O)c2ccc(-c3cccs3)s2)C1=O. The Hall–Kier alpha value is -2.23. The molecular weight excluding hydrogens is 470 g/mol. The number of methoxy groups -OCH3 is 1. The van der Waals surface area contributed by atoms with Crippen molar-refractivity contribution in [3.05, 3.63) is 34.5 Å². The van der Waals surface area contributed by atoms with Crippen molar-refractivity contribution in [3.8, 4) is 9.75 Å². The molecule has 0 radical (unpaired) electrons. The molecular formula is C25H33N3O4S2. The summed E-state index contributed by atoms with van der Waals surface area (Å²) in [5.74, 6) is -0.979. The van der Waals surface area contributed by atoms with E-state index in [1.807, 2.05) is 29.6 Å². The molecule has 2 aromatic heterocycles. The second kappa shape index (κ2) is 10.2. The Kier molecular flexibility index (Phi) is 7.45. The lowest BCUT2D eigenvalue weighted by molar-refractivity contribution is -0.151. The lowest BCUT2D eigenvalue weighted by atomic mass is 9.80. The monoisotopic (exact) mass is 503 g/mol. The first-order chi connectivity index (χ1) is 16.2. The van der Waals surface area contributed by atoms with E-state index in [0.717, 1.165) is 22.6 Å². The predicted molar refractivity (Wildman–Crippen MR) is 135 cm³/mol. The van der Waals surface area contributed by atoms with E-state index in [4.69, 9.17) is 4.74 Å². The van der Waals surface area contributed by atoms with Gasteiger partial charge in [-0.3, -0.25) is 14.4 Å². The fourth-order valence-corrected chi connectivity index (χ4v) is 6.83. The van der Waals surface area contributed by atoms with Crippen molar-refractivity contribution in [2.24, 2.45) is 5.92 Å². The van der Waals surface area contributed by atoms with Gasteiger partial charge in [0.15, 0.2) is 0 Å². The molecule has 0 aromatic carbocycles. The predicted octanol–water partition coefficient (Wildman–Crippen LogP) is 3.91. The first-order valence-electron chi connectivity index (χ1n) is 11.8. The summed E-state index contributed by atoms with van der Waals surface area (Å²) in [5.41, 5.74) is -0.0534. The van der Waals surface area contributed by atoms with Gasteiger partial charge in [0.25, 0.3) is 5.91 Å². The molecule has 3 unspecified atom stereocenters. The molecule has 2 aromatic rings. The topological polar surface area (TPSA) is 87.7 Å². The molecule has 34 heavy (non-hydrogen) atoms. The molecule has 0 spiro atoms. The number of likely N-dealkylation sites (tertiary alicyclic amines) is 1. The Morgan fingerprint density at radius 1 is 1.12 bits per heavy atom. The van der Waals surface area contributed by atoms with Crippen molar-refractivity contribution in [1.82, 2.24) is 15.5 Å². The van der Waals surface area contributed by atoms with Gasteiger partial charge in [-0.15, -0.1) is 22.7 Å². The van der Waals surface area contributed by atoms with Crippen molar-refractivity contribution >= 4 is 40.5 Å². The number of ether oxygens (including phenoxy) is 1. The number of carbonyl (C=O) groups excluding carboxylic acids is 3. The first-order valence-corrected chi connectivity index (χ1v) is 13.5. The maximum atomic E-state index is 13.3. The van der Waals surface area contributed by atoms with Crippen LogP contribution in [0.3, 0.4) is 0 Å². The van der Waals surface area contributed by atoms with Crippen LogP contribution in [-0.2, 0) is 14.3 Å². The van der Waals surface area contributed by atoms with Crippen LogP contribution in [0, 0.1) is 5.92 Å². The van der Waals surface area contributed by atoms with Gasteiger partial charge >= 0.3 is 5.97 Å². The molecule has 2 aliphatic rings. The van der Waals surface area contributed by atoms with E-state index in [-0.39, 0.29) is 41.3 Å². The van der Waals surface area contributed by atoms with E-state index in [0.29, 0.717) is 24.3 Å². The molecule has 2 fully saturated rings. The van der Waals surface area contributed by atoms with Crippen LogP contribution in [0.5, 0.6) is 0 Å². The molecule has 9 heteroatoms. The number of rotatable bonds is 6. The molecule has 2 amide bonds. The van der Waals surface area contributed by atoms with Crippen molar-refractivity contribution in [1.29, 1.82) is 0 Å². The highest BCUT2D eigenvalue weighted by Crippen LogP contribution is 2.34. The zero-order valence-corrected chi connectivity index (χ0v) is 21.8. The molecule has 4 atom stereocenters. The van der Waals surface area contributed by atoms with Crippen LogP contribution < -0.4 is 10.6 Å². The number of nitrogens with zero attached hydrogens (tertiary/aromatic N) is 1. The fraction of sp³-hybridized carbons (Fsp3) is 0.560. The van der Waals surface area contributed by atoms with Crippen molar-refractivity contribution in [2.75, 3.05) is 13.7 Å². The van der Waals surface area contributed by atoms with E-state index in [2.05, 4.69) is 31.4 Å². The maximum absolute atomic E-state index is 13.3. The zero-order chi connectivity index (χ0) is 24.5. The second-order valence-corrected chi connectivity index (χ2v) is 12.1. The summed E-state index contributed by atoms with van der Waals surface area (Å²) >= 11 is 3.06. The molecule has 4 rings (SSSR count). The number of hydrogen-bond acceptors (Lipinski definition) is 7. The maximum Gasteiger partial charge on any atom is 0.310 e. The summed E-state index contributed by atoms with van der Waals surface area (Å²) in [6, 6.07) is 7.20. The highest BCUT2D eigenvalue weighted by Gasteiger charge is 2.45. The molecule has 1 aliphatic carbocycles. The summed E-state index contributed by atoms with van der Waals surface area (Å²) in [6.45, 7) is 6.87. The average molecular weight is 504 g/mol. The second-order valence-electron chi connectivity index (χ2n) is 10.1. The summed E-state index contributed by atoms with van der Waals surface area (Å²) in [7, 11) is 1.40. The fourth-order valence-electron chi connectivity index (χ4n) is 5.08. The third-order valence-corrected chi connectivity index (χ3v) is 8.64. The van der Waals surface area contributed by atoms with Gasteiger partial charge in [0.05, 0.1) is 17.9 Å². The number of nitrogens with one attached hydrogen (secondary N) is 2. The molecule has 3 heterocycles. The van der Waals surface area contributed by atoms with Crippen LogP contribution in [0.2, 0.25) is 0 Å². The van der Waals surface area contributed by atoms with Gasteiger partial charge < -0.3 is 20.3 Å². The number of carbonyl (C=O) groups is 3. The Balaban J connectivity index is 1.40. The standard InChI is InChI=1S/C25H33N3O4S2/c1-25(2,3)27-15-7-8-18(16(14-15)24(31)32-4)28-12-11-17(23(28)30)26-22(29)21-10-9-20(34-21)19-6-5-13-33-19/h5-6,9-10,13,15-18,27H,7-8,11-12,14H2,1-4H3,(H,26,29)/t15?,16?,17-,18?/m0/s1. The van der Waals surface area contributed by atoms with Crippen LogP contribution in [0.4, 0.5) is 0 Å². The number of thiophene rings is 2. The van der Waals surface area contributed by atoms with Crippen molar-refractivity contribution in [2.45, 2.75) is 70.1 Å². The third-order valence-electron chi connectivity index (χ3n) is 6.49. The van der Waals surface area contributed by atoms with Crippen molar-refractivity contribution in [3.63, 3.8) is 0 Å². The van der Waals surface area contributed by atoms with Crippen LogP contribution in [0.1, 0.15) is 56.1 Å². The summed E-state index contributed by atoms with van der Waals surface area (Å²) < 4.78 is 5.10. The molecule has 2 N–H and O–H groups in total. The van der Waals surface area contributed by atoms with Gasteiger partial charge in [-0.25, -0.2) is 0 Å². The lowest BCUT2D eigenvalue weighted by Crippen LogP contribution is -2.55. The normalized spacial score (nSPS) is 25.4. The summed E-state index contributed by atoms with van der Waals surface area (Å²) in [6.07, 6.45) is 2.80. The van der Waals surface area contributed by atoms with Gasteiger partial charge in [0, 0.05) is 33.9 Å². The Labute approximate surface area is 208 Å². The van der Waals surface area contributed by atoms with E-state index in [9.17, 15) is 14.4 Å². The van der Waals surface area contributed by atoms with Crippen LogP contribution in [0.25, 0.3) is 9.75 Å². The number of esters is 1. The summed E-state index contributed by atoms with van der Waals surface area (Å²) in [5, 5.41) is 8.52. The minimum Gasteiger partial charge on any atom is -0.469 e. The minimum absolute atomic E-state index is 0.0534. The molecule has 184 valence electrons. The van der Waals surface area contributed by atoms with E-state index in [1.165, 1.54) is 18.4 Å². The van der Waals surface area contributed by atoms with Gasteiger partial charge in [0.1, 0.15) is 6.04 Å². The van der Waals surface area contributed by atoms with Gasteiger partial charge in [-0.05, 0) is 70.0 Å². The van der Waals surface area contributed by atoms with Gasteiger partial charge in [-0.2, -0.15) is 0 Å². The van der Waals surface area contributed by atoms with Gasteiger partial charge in [0.2, 0.25) is 5.91 Å². The minimum atomic E-state index is -0.566. The highest BCUT2D eigenvalue weighted by molar-refractivity contribution is 7.22. The molecule has 1 saturated carbocycles. The van der Waals surface area contributed by atoms with Gasteiger partial charge in [-0.1, -0.05) is 6.07 Å². The quantitative estimate of drug-likeness (QED) is 0.584. The first kappa shape index (κ1) is 24.9. The van der Waals surface area contributed by atoms with Crippen LogP contribution >= 0.6 is 22.7 Å².